The summed E-state index contributed by atoms with van der Waals surface area (Å²) in [6.45, 7) is 2.23. The molecule has 13 heavy (non-hydrogen) atoms. The van der Waals surface area contributed by atoms with Crippen LogP contribution in [0.4, 0.5) is 13.2 Å². The molecule has 78 valence electrons. The molecule has 0 unspecified atom stereocenters. The number of rotatable bonds is 3. The molecule has 0 radical (unpaired) electrons. The summed E-state index contributed by atoms with van der Waals surface area (Å²) >= 11 is 0. The van der Waals surface area contributed by atoms with E-state index in [-0.39, 0.29) is 6.61 Å². The first-order valence-electron chi connectivity index (χ1n) is 3.76. The summed E-state index contributed by atoms with van der Waals surface area (Å²) in [5, 5.41) is 8.96. The summed E-state index contributed by atoms with van der Waals surface area (Å²) in [6.07, 6.45) is -5.75. The number of hydrogen-bond acceptors (Lipinski definition) is 3. The number of alkyl halides is 3. The van der Waals surface area contributed by atoms with E-state index in [2.05, 4.69) is 4.74 Å². The van der Waals surface area contributed by atoms with Crippen molar-refractivity contribution < 1.29 is 27.8 Å². The third kappa shape index (κ3) is 2.33. The summed E-state index contributed by atoms with van der Waals surface area (Å²) in [4.78, 5) is 10.8. The standard InChI is InChI=1S/C7H11F3O3/c1-3-6(12,7(8,9)10)5(11)13-4-2/h12H,3-4H2,1-2H3/t6-/m1/s1. The fourth-order valence-corrected chi connectivity index (χ4v) is 0.711. The maximum atomic E-state index is 12.1. The van der Waals surface area contributed by atoms with Gasteiger partial charge in [-0.15, -0.1) is 0 Å². The van der Waals surface area contributed by atoms with Crippen molar-refractivity contribution in [2.45, 2.75) is 32.0 Å². The lowest BCUT2D eigenvalue weighted by atomic mass is 10.0. The van der Waals surface area contributed by atoms with Crippen LogP contribution in [0.15, 0.2) is 0 Å². The highest BCUT2D eigenvalue weighted by Crippen LogP contribution is 2.33. The Kier molecular flexibility index (Phi) is 3.71. The maximum Gasteiger partial charge on any atom is 0.428 e. The van der Waals surface area contributed by atoms with Crippen LogP contribution in [0.3, 0.4) is 0 Å². The van der Waals surface area contributed by atoms with Gasteiger partial charge in [-0.2, -0.15) is 13.2 Å². The smallest absolute Gasteiger partial charge is 0.428 e. The van der Waals surface area contributed by atoms with Crippen LogP contribution in [0.25, 0.3) is 0 Å². The average molecular weight is 200 g/mol. The van der Waals surface area contributed by atoms with Crippen LogP contribution in [-0.4, -0.2) is 29.5 Å². The van der Waals surface area contributed by atoms with Crippen molar-refractivity contribution in [1.82, 2.24) is 0 Å². The second-order valence-electron chi connectivity index (χ2n) is 2.43. The van der Waals surface area contributed by atoms with Gasteiger partial charge in [0, 0.05) is 0 Å². The first-order chi connectivity index (χ1) is 5.79. The van der Waals surface area contributed by atoms with Gasteiger partial charge in [0.1, 0.15) is 0 Å². The minimum atomic E-state index is -4.99. The quantitative estimate of drug-likeness (QED) is 0.697. The molecule has 0 bridgehead atoms. The van der Waals surface area contributed by atoms with Crippen molar-refractivity contribution in [3.8, 4) is 0 Å². The Morgan fingerprint density at radius 3 is 2.08 bits per heavy atom. The van der Waals surface area contributed by atoms with Crippen molar-refractivity contribution in [1.29, 1.82) is 0 Å². The second-order valence-corrected chi connectivity index (χ2v) is 2.43. The predicted octanol–water partition coefficient (Wildman–Crippen LogP) is 1.25. The van der Waals surface area contributed by atoms with Gasteiger partial charge in [0.05, 0.1) is 6.61 Å². The van der Waals surface area contributed by atoms with Crippen molar-refractivity contribution >= 4 is 5.97 Å². The molecular weight excluding hydrogens is 189 g/mol. The van der Waals surface area contributed by atoms with Gasteiger partial charge >= 0.3 is 12.1 Å². The number of aliphatic hydroxyl groups is 1. The van der Waals surface area contributed by atoms with E-state index >= 15 is 0 Å². The first kappa shape index (κ1) is 12.2. The molecule has 0 saturated heterocycles. The molecule has 3 nitrogen and oxygen atoms in total. The number of carbonyl (C=O) groups is 1. The van der Waals surface area contributed by atoms with E-state index in [0.29, 0.717) is 0 Å². The number of hydrogen-bond donors (Lipinski definition) is 1. The Hall–Kier alpha value is -0.780. The fourth-order valence-electron chi connectivity index (χ4n) is 0.711. The van der Waals surface area contributed by atoms with E-state index in [0.717, 1.165) is 6.92 Å². The van der Waals surface area contributed by atoms with E-state index < -0.39 is 24.2 Å². The van der Waals surface area contributed by atoms with Crippen LogP contribution in [-0.2, 0) is 9.53 Å². The van der Waals surface area contributed by atoms with Crippen molar-refractivity contribution in [3.05, 3.63) is 0 Å². The zero-order valence-corrected chi connectivity index (χ0v) is 7.31. The van der Waals surface area contributed by atoms with Crippen molar-refractivity contribution in [2.24, 2.45) is 0 Å². The molecule has 0 spiro atoms. The van der Waals surface area contributed by atoms with Crippen LogP contribution in [0.2, 0.25) is 0 Å². The Bertz CT molecular complexity index is 190. The first-order valence-corrected chi connectivity index (χ1v) is 3.76. The summed E-state index contributed by atoms with van der Waals surface area (Å²) in [5.74, 6) is -1.65. The molecular formula is C7H11F3O3. The van der Waals surface area contributed by atoms with E-state index in [1.54, 1.807) is 0 Å². The number of carbonyl (C=O) groups excluding carboxylic acids is 1. The predicted molar refractivity (Wildman–Crippen MR) is 37.9 cm³/mol. The molecule has 0 heterocycles. The highest BCUT2D eigenvalue weighted by atomic mass is 19.4. The number of ether oxygens (including phenoxy) is 1. The van der Waals surface area contributed by atoms with Crippen LogP contribution in [0, 0.1) is 0 Å². The van der Waals surface area contributed by atoms with E-state index in [1.165, 1.54) is 6.92 Å². The molecule has 0 aromatic rings. The molecule has 0 aromatic carbocycles. The van der Waals surface area contributed by atoms with Gasteiger partial charge in [-0.05, 0) is 13.3 Å². The van der Waals surface area contributed by atoms with E-state index in [4.69, 9.17) is 5.11 Å². The Labute approximate surface area is 73.5 Å². The van der Waals surface area contributed by atoms with Crippen molar-refractivity contribution in [3.63, 3.8) is 0 Å². The van der Waals surface area contributed by atoms with Gasteiger partial charge in [0.2, 0.25) is 0 Å². The lowest BCUT2D eigenvalue weighted by Gasteiger charge is -2.26. The molecule has 0 aliphatic rings. The third-order valence-corrected chi connectivity index (χ3v) is 1.59. The van der Waals surface area contributed by atoms with Crippen LogP contribution < -0.4 is 0 Å². The lowest BCUT2D eigenvalue weighted by molar-refractivity contribution is -0.263. The minimum Gasteiger partial charge on any atom is -0.464 e. The molecule has 0 aliphatic carbocycles. The highest BCUT2D eigenvalue weighted by molar-refractivity contribution is 5.80. The maximum absolute atomic E-state index is 12.1. The Morgan fingerprint density at radius 1 is 1.38 bits per heavy atom. The molecule has 0 aromatic heterocycles. The lowest BCUT2D eigenvalue weighted by Crippen LogP contribution is -2.52. The summed E-state index contributed by atoms with van der Waals surface area (Å²) in [5.41, 5.74) is -3.37. The molecule has 1 atom stereocenters. The van der Waals surface area contributed by atoms with Gasteiger partial charge in [-0.1, -0.05) is 6.92 Å². The van der Waals surface area contributed by atoms with Crippen LogP contribution in [0.5, 0.6) is 0 Å². The largest absolute Gasteiger partial charge is 0.464 e. The molecule has 0 amide bonds. The topological polar surface area (TPSA) is 46.5 Å². The zero-order chi connectivity index (χ0) is 10.7. The average Bonchev–Trinajstić information content (AvgIpc) is 2.01. The Morgan fingerprint density at radius 2 is 1.85 bits per heavy atom. The summed E-state index contributed by atoms with van der Waals surface area (Å²) < 4.78 is 40.5. The minimum absolute atomic E-state index is 0.197. The SMILES string of the molecule is CCOC(=O)[C@](O)(CC)C(F)(F)F. The van der Waals surface area contributed by atoms with Gasteiger partial charge < -0.3 is 9.84 Å². The van der Waals surface area contributed by atoms with Crippen LogP contribution in [0.1, 0.15) is 20.3 Å². The molecule has 0 aliphatic heterocycles. The fraction of sp³-hybridized carbons (Fsp3) is 0.857. The number of halogens is 3. The van der Waals surface area contributed by atoms with Crippen molar-refractivity contribution in [2.75, 3.05) is 6.61 Å². The molecule has 0 saturated carbocycles. The molecule has 0 rings (SSSR count). The summed E-state index contributed by atoms with van der Waals surface area (Å²) in [6, 6.07) is 0. The second kappa shape index (κ2) is 3.95. The van der Waals surface area contributed by atoms with E-state index in [1.807, 2.05) is 0 Å². The van der Waals surface area contributed by atoms with Gasteiger partial charge in [0.25, 0.3) is 5.60 Å². The summed E-state index contributed by atoms with van der Waals surface area (Å²) in [7, 11) is 0. The van der Waals surface area contributed by atoms with E-state index in [9.17, 15) is 18.0 Å². The normalized spacial score (nSPS) is 16.5. The van der Waals surface area contributed by atoms with Gasteiger partial charge in [-0.25, -0.2) is 4.79 Å². The van der Waals surface area contributed by atoms with Gasteiger partial charge in [-0.3, -0.25) is 0 Å². The van der Waals surface area contributed by atoms with Crippen LogP contribution >= 0.6 is 0 Å². The number of esters is 1. The highest BCUT2D eigenvalue weighted by Gasteiger charge is 2.59. The molecule has 1 N–H and O–H groups in total. The third-order valence-electron chi connectivity index (χ3n) is 1.59. The zero-order valence-electron chi connectivity index (χ0n) is 7.31. The molecule has 6 heteroatoms. The molecule has 0 fully saturated rings. The monoisotopic (exact) mass is 200 g/mol. The Balaban J connectivity index is 4.73. The van der Waals surface area contributed by atoms with Gasteiger partial charge in [0.15, 0.2) is 0 Å².